The number of aliphatic imine (C=N–C) groups is 4. The van der Waals surface area contributed by atoms with Crippen LogP contribution < -0.4 is 11.0 Å². The maximum atomic E-state index is 8.06. The summed E-state index contributed by atoms with van der Waals surface area (Å²) in [5.74, 6) is 3.80. The van der Waals surface area contributed by atoms with Gasteiger partial charge in [0.15, 0.2) is 23.3 Å². The molecule has 4 aliphatic heterocycles. The Labute approximate surface area is 314 Å². The van der Waals surface area contributed by atoms with E-state index >= 15 is 0 Å². The molecule has 8 nitrogen and oxygen atoms in total. The van der Waals surface area contributed by atoms with Gasteiger partial charge in [-0.25, -0.2) is 30.0 Å². The van der Waals surface area contributed by atoms with Gasteiger partial charge >= 0.3 is 13.7 Å². The van der Waals surface area contributed by atoms with Crippen LogP contribution in [0.5, 0.6) is 0 Å². The maximum absolute atomic E-state index is 8.06. The molecular formula is C44H22AlClN8. The first-order valence-electron chi connectivity index (χ1n) is 17.8. The third kappa shape index (κ3) is 3.82. The van der Waals surface area contributed by atoms with Crippen LogP contribution in [-0.2, 0) is 0 Å². The smallest absolute Gasteiger partial charge is 0.370 e. The lowest BCUT2D eigenvalue weighted by Gasteiger charge is -2.15. The zero-order chi connectivity index (χ0) is 35.2. The SMILES string of the molecule is [Cl][Al]1[n]2c3c4ccccc4c2N=C2N=C(N=c4c5cc6ccccc6cc5c([n]41)=NC1=NC(=N3)c3cc4ccccc4cc31)c1cc3ccccc3cc12. The molecule has 4 aliphatic rings. The molecule has 0 N–H and O–H groups in total. The van der Waals surface area contributed by atoms with Gasteiger partial charge in [0.25, 0.3) is 0 Å². The molecular weight excluding hydrogens is 703 g/mol. The van der Waals surface area contributed by atoms with Gasteiger partial charge in [0, 0.05) is 43.8 Å². The molecule has 0 radical (unpaired) electrons. The van der Waals surface area contributed by atoms with Crippen molar-refractivity contribution in [2.75, 3.05) is 0 Å². The Morgan fingerprint density at radius 3 is 1.07 bits per heavy atom. The number of amidine groups is 4. The Kier molecular flexibility index (Phi) is 5.55. The summed E-state index contributed by atoms with van der Waals surface area (Å²) in [7, 11) is 8.06. The number of halogens is 1. The van der Waals surface area contributed by atoms with E-state index in [-0.39, 0.29) is 0 Å². The van der Waals surface area contributed by atoms with Crippen molar-refractivity contribution in [1.82, 2.24) is 7.10 Å². The molecule has 0 unspecified atom stereocenters. The molecule has 6 heterocycles. The molecule has 6 bridgehead atoms. The van der Waals surface area contributed by atoms with Crippen molar-refractivity contribution < 1.29 is 0 Å². The molecule has 2 aromatic heterocycles. The van der Waals surface area contributed by atoms with Crippen LogP contribution in [0, 0.1) is 0 Å². The molecule has 10 heteroatoms. The maximum Gasteiger partial charge on any atom is 0.722 e. The van der Waals surface area contributed by atoms with Gasteiger partial charge in [-0.3, -0.25) is 0 Å². The zero-order valence-corrected chi connectivity index (χ0v) is 30.1. The van der Waals surface area contributed by atoms with Crippen LogP contribution >= 0.6 is 10.0 Å². The predicted molar refractivity (Wildman–Crippen MR) is 219 cm³/mol. The first-order chi connectivity index (χ1) is 26.6. The van der Waals surface area contributed by atoms with Gasteiger partial charge in [-0.05, 0) is 68.7 Å². The molecule has 0 fully saturated rings. The van der Waals surface area contributed by atoms with E-state index in [1.54, 1.807) is 0 Å². The van der Waals surface area contributed by atoms with Crippen LogP contribution in [-0.4, -0.2) is 44.1 Å². The molecule has 0 spiro atoms. The third-order valence-electron chi connectivity index (χ3n) is 11.1. The molecule has 13 rings (SSSR count). The molecule has 54 heavy (non-hydrogen) atoms. The Bertz CT molecular complexity index is 3310. The Hall–Kier alpha value is -6.50. The summed E-state index contributed by atoms with van der Waals surface area (Å²) >= 11 is -2.87. The second kappa shape index (κ2) is 10.3. The van der Waals surface area contributed by atoms with Gasteiger partial charge < -0.3 is 7.10 Å². The average Bonchev–Trinajstić information content (AvgIpc) is 3.90. The number of benzene rings is 7. The summed E-state index contributed by atoms with van der Waals surface area (Å²) in [4.78, 5) is 32.2. The van der Waals surface area contributed by atoms with E-state index in [1.807, 2.05) is 12.1 Å². The Morgan fingerprint density at radius 1 is 0.352 bits per heavy atom. The second-order valence-electron chi connectivity index (χ2n) is 14.1. The topological polar surface area (TPSA) is 84.0 Å². The molecule has 9 aromatic rings. The normalized spacial score (nSPS) is 15.1. The van der Waals surface area contributed by atoms with Crippen molar-refractivity contribution in [2.45, 2.75) is 0 Å². The minimum atomic E-state index is -2.87. The van der Waals surface area contributed by atoms with E-state index in [2.05, 4.69) is 128 Å². The summed E-state index contributed by atoms with van der Waals surface area (Å²) in [5.41, 5.74) is 5.13. The van der Waals surface area contributed by atoms with E-state index in [0.29, 0.717) is 46.0 Å². The summed E-state index contributed by atoms with van der Waals surface area (Å²) in [5, 5.41) is 10.4. The lowest BCUT2D eigenvalue weighted by atomic mass is 10.0. The standard InChI is InChI=1S/C44H22N8.Al.ClH/c1-3-11-25-19-33-31(17-23(25)9-1)39-46-37-29-15-7-8-16-30(29)38(45-37)47-40-32-18-24-10-2-4-12-26(24)20-34(32)42(49-40)51-44-36-22-28-14-6-5-13-27(28)21-35(36)43(52-44)50-41(33)48-39;;/h1-22H;;1H/q-2;+3;/p-1. The Balaban J connectivity index is 1.27. The van der Waals surface area contributed by atoms with E-state index < -0.39 is 13.7 Å². The van der Waals surface area contributed by atoms with Gasteiger partial charge in [-0.2, -0.15) is 10.0 Å². The van der Waals surface area contributed by atoms with E-state index in [9.17, 15) is 0 Å². The monoisotopic (exact) mass is 724 g/mol. The fourth-order valence-electron chi connectivity index (χ4n) is 8.58. The summed E-state index contributed by atoms with van der Waals surface area (Å²) in [6.45, 7) is 0. The number of hydrogen-bond donors (Lipinski definition) is 0. The zero-order valence-electron chi connectivity index (χ0n) is 28.2. The van der Waals surface area contributed by atoms with Crippen molar-refractivity contribution in [1.29, 1.82) is 0 Å². The van der Waals surface area contributed by atoms with Crippen molar-refractivity contribution in [3.05, 3.63) is 167 Å². The quantitative estimate of drug-likeness (QED) is 0.140. The van der Waals surface area contributed by atoms with Crippen LogP contribution in [0.25, 0.3) is 53.9 Å². The highest BCUT2D eigenvalue weighted by Gasteiger charge is 2.38. The van der Waals surface area contributed by atoms with Gasteiger partial charge in [-0.1, -0.05) is 97.1 Å². The third-order valence-corrected chi connectivity index (χ3v) is 14.1. The number of aromatic nitrogens is 2. The number of rotatable bonds is 0. The highest BCUT2D eigenvalue weighted by atomic mass is 35.6. The highest BCUT2D eigenvalue weighted by Crippen LogP contribution is 2.42. The molecule has 248 valence electrons. The first-order valence-corrected chi connectivity index (χ1v) is 20.6. The van der Waals surface area contributed by atoms with Crippen LogP contribution in [0.4, 0.5) is 11.6 Å². The largest absolute Gasteiger partial charge is 0.722 e. The number of nitrogens with zero attached hydrogens (tertiary/aromatic N) is 8. The summed E-state index contributed by atoms with van der Waals surface area (Å²) in [6, 6.07) is 46.5. The van der Waals surface area contributed by atoms with Crippen molar-refractivity contribution in [3.63, 3.8) is 0 Å². The van der Waals surface area contributed by atoms with Crippen LogP contribution in [0.15, 0.2) is 163 Å². The van der Waals surface area contributed by atoms with Gasteiger partial charge in [0.05, 0.1) is 0 Å². The fraction of sp³-hybridized carbons (Fsp3) is 0. The van der Waals surface area contributed by atoms with Crippen LogP contribution in [0.3, 0.4) is 0 Å². The van der Waals surface area contributed by atoms with Crippen molar-refractivity contribution >= 4 is 113 Å². The molecule has 0 aliphatic carbocycles. The van der Waals surface area contributed by atoms with Crippen LogP contribution in [0.1, 0.15) is 22.3 Å². The minimum Gasteiger partial charge on any atom is -0.370 e. The molecule has 7 aromatic carbocycles. The highest BCUT2D eigenvalue weighted by molar-refractivity contribution is 7.05. The molecule has 0 amide bonds. The molecule has 0 saturated heterocycles. The lowest BCUT2D eigenvalue weighted by molar-refractivity contribution is 0.983. The number of hydrogen-bond acceptors (Lipinski definition) is 6. The second-order valence-corrected chi connectivity index (χ2v) is 16.9. The fourth-order valence-corrected chi connectivity index (χ4v) is 11.5. The van der Waals surface area contributed by atoms with Gasteiger partial charge in [-0.15, -0.1) is 0 Å². The van der Waals surface area contributed by atoms with Crippen molar-refractivity contribution in [2.24, 2.45) is 30.0 Å². The first kappa shape index (κ1) is 29.0. The van der Waals surface area contributed by atoms with Gasteiger partial charge in [0.2, 0.25) is 0 Å². The number of fused-ring (bicyclic) bond motifs is 17. The van der Waals surface area contributed by atoms with Gasteiger partial charge in [0.1, 0.15) is 22.6 Å². The summed E-state index contributed by atoms with van der Waals surface area (Å²) in [6.07, 6.45) is 0. The molecule has 0 atom stereocenters. The Morgan fingerprint density at radius 2 is 0.685 bits per heavy atom. The van der Waals surface area contributed by atoms with E-state index in [1.165, 1.54) is 0 Å². The molecule has 0 saturated carbocycles. The van der Waals surface area contributed by atoms with Crippen molar-refractivity contribution in [3.8, 4) is 0 Å². The van der Waals surface area contributed by atoms with E-state index in [4.69, 9.17) is 40.0 Å². The minimum absolute atomic E-state index is 0.597. The van der Waals surface area contributed by atoms with Crippen LogP contribution in [0.2, 0.25) is 0 Å². The lowest BCUT2D eigenvalue weighted by Crippen LogP contribution is -2.43. The average molecular weight is 725 g/mol. The van der Waals surface area contributed by atoms with E-state index in [0.717, 1.165) is 76.1 Å². The summed E-state index contributed by atoms with van der Waals surface area (Å²) < 4.78 is 4.29. The predicted octanol–water partition coefficient (Wildman–Crippen LogP) is 8.62.